The highest BCUT2D eigenvalue weighted by molar-refractivity contribution is 5.96. The lowest BCUT2D eigenvalue weighted by molar-refractivity contribution is 0.0575. The van der Waals surface area contributed by atoms with Gasteiger partial charge in [0, 0.05) is 55.4 Å². The first-order valence-corrected chi connectivity index (χ1v) is 12.7. The molecule has 0 bridgehead atoms. The van der Waals surface area contributed by atoms with Crippen molar-refractivity contribution in [2.45, 2.75) is 52.1 Å². The summed E-state index contributed by atoms with van der Waals surface area (Å²) in [6, 6.07) is 5.93. The molecule has 4 heterocycles. The summed E-state index contributed by atoms with van der Waals surface area (Å²) in [6.07, 6.45) is 4.34. The van der Waals surface area contributed by atoms with Crippen LogP contribution >= 0.6 is 0 Å². The van der Waals surface area contributed by atoms with E-state index in [0.717, 1.165) is 58.1 Å². The molecule has 3 aliphatic rings. The lowest BCUT2D eigenvalue weighted by Gasteiger charge is -2.44. The molecule has 3 amide bonds. The molecule has 0 N–H and O–H groups in total. The number of amides is 3. The maximum atomic E-state index is 13.7. The molecule has 0 atom stereocenters. The highest BCUT2D eigenvalue weighted by atomic mass is 16.5. The van der Waals surface area contributed by atoms with E-state index in [1.807, 2.05) is 60.7 Å². The molecule has 0 aliphatic carbocycles. The fraction of sp³-hybridized carbons (Fsp3) is 0.500. The quantitative estimate of drug-likeness (QED) is 0.646. The number of hydrogen-bond donors (Lipinski definition) is 0. The number of piperidine rings is 1. The number of methoxy groups -OCH3 is 2. The molecule has 8 heteroatoms. The van der Waals surface area contributed by atoms with Gasteiger partial charge in [0.2, 0.25) is 0 Å². The van der Waals surface area contributed by atoms with Crippen LogP contribution in [0.3, 0.4) is 0 Å². The first-order chi connectivity index (χ1) is 17.2. The number of urea groups is 1. The van der Waals surface area contributed by atoms with Crippen LogP contribution in [-0.4, -0.2) is 70.6 Å². The molecule has 0 unspecified atom stereocenters. The lowest BCUT2D eigenvalue weighted by Crippen LogP contribution is -2.54. The van der Waals surface area contributed by atoms with Crippen LogP contribution in [0, 0.1) is 13.8 Å². The number of carbonyl (C=O) groups excluding carboxylic acids is 2. The van der Waals surface area contributed by atoms with Gasteiger partial charge in [-0.05, 0) is 57.7 Å². The summed E-state index contributed by atoms with van der Waals surface area (Å²) in [6.45, 7) is 8.41. The number of benzene rings is 1. The second-order valence-electron chi connectivity index (χ2n) is 10.0. The van der Waals surface area contributed by atoms with Crippen LogP contribution in [-0.2, 0) is 20.0 Å². The third-order valence-corrected chi connectivity index (χ3v) is 8.50. The molecular formula is C28H36N4O4. The zero-order valence-electron chi connectivity index (χ0n) is 22.2. The van der Waals surface area contributed by atoms with E-state index < -0.39 is 5.54 Å². The SMILES string of the molecule is CCN1C(=O)N2Cc3cc(OC)cc(OC)c3CC=C2C12CCN(C(=O)c1cc(C)n(C)c1C)CC2. The van der Waals surface area contributed by atoms with Crippen molar-refractivity contribution < 1.29 is 19.1 Å². The first kappa shape index (κ1) is 24.3. The molecule has 0 radical (unpaired) electrons. The average Bonchev–Trinajstić information content (AvgIpc) is 3.15. The third-order valence-electron chi connectivity index (χ3n) is 8.50. The molecular weight excluding hydrogens is 456 g/mol. The fourth-order valence-electron chi connectivity index (χ4n) is 6.28. The van der Waals surface area contributed by atoms with E-state index in [4.69, 9.17) is 9.47 Å². The van der Waals surface area contributed by atoms with Gasteiger partial charge in [-0.25, -0.2) is 4.79 Å². The number of aromatic nitrogens is 1. The molecule has 8 nitrogen and oxygen atoms in total. The normalized spacial score (nSPS) is 18.7. The Balaban J connectivity index is 1.45. The summed E-state index contributed by atoms with van der Waals surface area (Å²) in [4.78, 5) is 33.0. The largest absolute Gasteiger partial charge is 0.497 e. The van der Waals surface area contributed by atoms with Crippen LogP contribution in [0.1, 0.15) is 52.6 Å². The maximum absolute atomic E-state index is 13.7. The Morgan fingerprint density at radius 3 is 2.39 bits per heavy atom. The molecule has 36 heavy (non-hydrogen) atoms. The van der Waals surface area contributed by atoms with Gasteiger partial charge >= 0.3 is 6.03 Å². The van der Waals surface area contributed by atoms with E-state index in [0.29, 0.717) is 32.6 Å². The zero-order valence-corrected chi connectivity index (χ0v) is 22.2. The minimum absolute atomic E-state index is 0.0349. The number of hydrogen-bond acceptors (Lipinski definition) is 4. The predicted molar refractivity (Wildman–Crippen MR) is 137 cm³/mol. The number of likely N-dealkylation sites (N-methyl/N-ethyl adjacent to an activating group) is 1. The van der Waals surface area contributed by atoms with Crippen LogP contribution in [0.2, 0.25) is 0 Å². The first-order valence-electron chi connectivity index (χ1n) is 12.7. The standard InChI is InChI=1S/C28H36N4O4/c1-7-32-27(34)31-17-20-15-21(35-5)16-24(36-6)22(20)8-9-25(31)28(32)10-12-30(13-11-28)26(33)23-14-18(2)29(4)19(23)3/h9,14-16H,7-8,10-13,17H2,1-6H3. The van der Waals surface area contributed by atoms with Gasteiger partial charge in [0.15, 0.2) is 0 Å². The summed E-state index contributed by atoms with van der Waals surface area (Å²) in [5.74, 6) is 1.58. The predicted octanol–water partition coefficient (Wildman–Crippen LogP) is 4.03. The Kier molecular flexibility index (Phi) is 6.01. The maximum Gasteiger partial charge on any atom is 0.325 e. The van der Waals surface area contributed by atoms with Gasteiger partial charge in [0.05, 0.1) is 31.9 Å². The highest BCUT2D eigenvalue weighted by Gasteiger charge is 2.54. The van der Waals surface area contributed by atoms with Gasteiger partial charge in [-0.3, -0.25) is 9.69 Å². The van der Waals surface area contributed by atoms with Crippen molar-refractivity contribution in [3.05, 3.63) is 58.1 Å². The van der Waals surface area contributed by atoms with E-state index in [1.165, 1.54) is 0 Å². The van der Waals surface area contributed by atoms with Gasteiger partial charge in [-0.1, -0.05) is 6.08 Å². The topological polar surface area (TPSA) is 67.2 Å². The highest BCUT2D eigenvalue weighted by Crippen LogP contribution is 2.47. The summed E-state index contributed by atoms with van der Waals surface area (Å²) >= 11 is 0. The number of rotatable bonds is 4. The summed E-state index contributed by atoms with van der Waals surface area (Å²) in [5, 5.41) is 0. The van der Waals surface area contributed by atoms with Gasteiger partial charge < -0.3 is 23.8 Å². The number of aryl methyl sites for hydroxylation is 1. The van der Waals surface area contributed by atoms with Crippen LogP contribution in [0.15, 0.2) is 30.0 Å². The van der Waals surface area contributed by atoms with Crippen molar-refractivity contribution in [2.24, 2.45) is 7.05 Å². The van der Waals surface area contributed by atoms with Crippen LogP contribution in [0.25, 0.3) is 0 Å². The van der Waals surface area contributed by atoms with E-state index in [-0.39, 0.29) is 11.9 Å². The minimum Gasteiger partial charge on any atom is -0.497 e. The number of allylic oxidation sites excluding steroid dienone is 1. The molecule has 1 aromatic carbocycles. The van der Waals surface area contributed by atoms with Gasteiger partial charge in [-0.2, -0.15) is 0 Å². The smallest absolute Gasteiger partial charge is 0.325 e. The molecule has 192 valence electrons. The van der Waals surface area contributed by atoms with Crippen LogP contribution in [0.4, 0.5) is 4.79 Å². The Bertz CT molecular complexity index is 1250. The minimum atomic E-state index is -0.399. The second kappa shape index (κ2) is 8.91. The Morgan fingerprint density at radius 2 is 1.81 bits per heavy atom. The number of ether oxygens (including phenoxy) is 2. The van der Waals surface area contributed by atoms with E-state index in [2.05, 4.69) is 10.6 Å². The Labute approximate surface area is 213 Å². The lowest BCUT2D eigenvalue weighted by atomic mass is 9.83. The van der Waals surface area contributed by atoms with Gasteiger partial charge in [-0.15, -0.1) is 0 Å². The van der Waals surface area contributed by atoms with Crippen LogP contribution < -0.4 is 9.47 Å². The monoisotopic (exact) mass is 492 g/mol. The van der Waals surface area contributed by atoms with Crippen LogP contribution in [0.5, 0.6) is 11.5 Å². The molecule has 2 aromatic rings. The summed E-state index contributed by atoms with van der Waals surface area (Å²) < 4.78 is 13.2. The van der Waals surface area contributed by atoms with Gasteiger partial charge in [0.1, 0.15) is 11.5 Å². The average molecular weight is 493 g/mol. The molecule has 3 aliphatic heterocycles. The molecule has 0 saturated carbocycles. The third kappa shape index (κ3) is 3.49. The van der Waals surface area contributed by atoms with E-state index in [9.17, 15) is 9.59 Å². The molecule has 2 fully saturated rings. The summed E-state index contributed by atoms with van der Waals surface area (Å²) in [7, 11) is 5.30. The van der Waals surface area contributed by atoms with Crippen molar-refractivity contribution in [1.29, 1.82) is 0 Å². The van der Waals surface area contributed by atoms with E-state index in [1.54, 1.807) is 14.2 Å². The molecule has 5 rings (SSSR count). The number of fused-ring (bicyclic) bond motifs is 3. The number of likely N-dealkylation sites (tertiary alicyclic amines) is 1. The second-order valence-corrected chi connectivity index (χ2v) is 10.0. The fourth-order valence-corrected chi connectivity index (χ4v) is 6.28. The molecule has 2 saturated heterocycles. The van der Waals surface area contributed by atoms with Gasteiger partial charge in [0.25, 0.3) is 5.91 Å². The Hall–Kier alpha value is -3.42. The van der Waals surface area contributed by atoms with Crippen molar-refractivity contribution in [2.75, 3.05) is 33.9 Å². The molecule has 1 aromatic heterocycles. The van der Waals surface area contributed by atoms with Crippen molar-refractivity contribution in [1.82, 2.24) is 19.3 Å². The molecule has 1 spiro atoms. The number of carbonyl (C=O) groups is 2. The summed E-state index contributed by atoms with van der Waals surface area (Å²) in [5.41, 5.74) is 5.63. The van der Waals surface area contributed by atoms with E-state index >= 15 is 0 Å². The zero-order chi connectivity index (χ0) is 25.8. The number of nitrogens with zero attached hydrogens (tertiary/aromatic N) is 4. The van der Waals surface area contributed by atoms with Crippen molar-refractivity contribution in [3.63, 3.8) is 0 Å². The van der Waals surface area contributed by atoms with Crippen molar-refractivity contribution in [3.8, 4) is 11.5 Å². The Morgan fingerprint density at radius 1 is 1.08 bits per heavy atom. The van der Waals surface area contributed by atoms with Crippen molar-refractivity contribution >= 4 is 11.9 Å².